The zero-order valence-electron chi connectivity index (χ0n) is 16.4. The monoisotopic (exact) mass is 427 g/mol. The number of nitrogens with zero attached hydrogens (tertiary/aromatic N) is 2. The zero-order chi connectivity index (χ0) is 21.0. The van der Waals surface area contributed by atoms with Gasteiger partial charge in [-0.2, -0.15) is 0 Å². The summed E-state index contributed by atoms with van der Waals surface area (Å²) >= 11 is 2.71. The number of nitrogens with one attached hydrogen (secondary N) is 1. The number of amides is 1. The molecule has 0 unspecified atom stereocenters. The standard InChI is InChI=1S/C21H21N3O3S2/c1-5-11-22-17(25)12-28-21-23-19-18(16(6-2)13(3)29-19)20(26)24(21)14-7-9-15(27-4)10-8-14/h1,7-10H,6,11-12H2,2-4H3,(H,22,25). The van der Waals surface area contributed by atoms with Crippen LogP contribution in [-0.2, 0) is 11.2 Å². The molecule has 6 nitrogen and oxygen atoms in total. The third-order valence-electron chi connectivity index (χ3n) is 4.40. The van der Waals surface area contributed by atoms with Crippen molar-refractivity contribution in [2.75, 3.05) is 19.4 Å². The highest BCUT2D eigenvalue weighted by molar-refractivity contribution is 7.99. The van der Waals surface area contributed by atoms with E-state index >= 15 is 0 Å². The summed E-state index contributed by atoms with van der Waals surface area (Å²) in [7, 11) is 1.59. The predicted octanol–water partition coefficient (Wildman–Crippen LogP) is 3.17. The molecule has 3 aromatic rings. The number of terminal acetylenes is 1. The molecule has 0 saturated heterocycles. The van der Waals surface area contributed by atoms with E-state index in [1.54, 1.807) is 35.9 Å². The Morgan fingerprint density at radius 1 is 1.38 bits per heavy atom. The number of hydrogen-bond acceptors (Lipinski definition) is 6. The number of ether oxygens (including phenoxy) is 1. The number of thiophene rings is 1. The van der Waals surface area contributed by atoms with Crippen molar-refractivity contribution in [1.82, 2.24) is 14.9 Å². The van der Waals surface area contributed by atoms with Crippen LogP contribution in [0.15, 0.2) is 34.2 Å². The molecule has 0 aliphatic carbocycles. The normalized spacial score (nSPS) is 10.7. The number of rotatable bonds is 7. The molecule has 0 spiro atoms. The number of benzene rings is 1. The van der Waals surface area contributed by atoms with E-state index in [0.717, 1.165) is 16.9 Å². The van der Waals surface area contributed by atoms with Crippen LogP contribution in [0.1, 0.15) is 17.4 Å². The minimum Gasteiger partial charge on any atom is -0.497 e. The van der Waals surface area contributed by atoms with Crippen molar-refractivity contribution in [2.24, 2.45) is 0 Å². The van der Waals surface area contributed by atoms with Gasteiger partial charge < -0.3 is 10.1 Å². The molecule has 8 heteroatoms. The maximum absolute atomic E-state index is 13.5. The lowest BCUT2D eigenvalue weighted by Gasteiger charge is -2.13. The van der Waals surface area contributed by atoms with Gasteiger partial charge in [-0.05, 0) is 43.2 Å². The van der Waals surface area contributed by atoms with E-state index < -0.39 is 0 Å². The lowest BCUT2D eigenvalue weighted by Crippen LogP contribution is -2.26. The number of aryl methyl sites for hydroxylation is 2. The van der Waals surface area contributed by atoms with Gasteiger partial charge in [0, 0.05) is 4.88 Å². The van der Waals surface area contributed by atoms with E-state index in [9.17, 15) is 9.59 Å². The fourth-order valence-electron chi connectivity index (χ4n) is 3.01. The second-order valence-electron chi connectivity index (χ2n) is 6.17. The predicted molar refractivity (Wildman–Crippen MR) is 118 cm³/mol. The van der Waals surface area contributed by atoms with Gasteiger partial charge in [-0.15, -0.1) is 17.8 Å². The summed E-state index contributed by atoms with van der Waals surface area (Å²) in [6.45, 7) is 4.20. The number of methoxy groups -OCH3 is 1. The van der Waals surface area contributed by atoms with Crippen molar-refractivity contribution in [2.45, 2.75) is 25.4 Å². The zero-order valence-corrected chi connectivity index (χ0v) is 18.1. The molecule has 0 radical (unpaired) electrons. The summed E-state index contributed by atoms with van der Waals surface area (Å²) in [5, 5.41) is 3.74. The minimum absolute atomic E-state index is 0.112. The molecule has 3 rings (SSSR count). The first-order valence-corrected chi connectivity index (χ1v) is 10.8. The van der Waals surface area contributed by atoms with Gasteiger partial charge >= 0.3 is 0 Å². The molecule has 0 aliphatic rings. The largest absolute Gasteiger partial charge is 0.497 e. The van der Waals surface area contributed by atoms with Gasteiger partial charge in [0.25, 0.3) is 5.56 Å². The SMILES string of the molecule is C#CCNC(=O)CSc1nc2sc(C)c(CC)c2c(=O)n1-c1ccc(OC)cc1. The molecular weight excluding hydrogens is 406 g/mol. The fourth-order valence-corrected chi connectivity index (χ4v) is 5.01. The van der Waals surface area contributed by atoms with E-state index in [0.29, 0.717) is 26.8 Å². The van der Waals surface area contributed by atoms with Crippen molar-refractivity contribution in [3.63, 3.8) is 0 Å². The molecule has 2 heterocycles. The van der Waals surface area contributed by atoms with Gasteiger partial charge in [0.15, 0.2) is 5.16 Å². The summed E-state index contributed by atoms with van der Waals surface area (Å²) in [5.41, 5.74) is 1.56. The number of aromatic nitrogens is 2. The molecule has 29 heavy (non-hydrogen) atoms. The molecule has 0 aliphatic heterocycles. The molecule has 2 aromatic heterocycles. The van der Waals surface area contributed by atoms with Crippen LogP contribution in [-0.4, -0.2) is 34.9 Å². The van der Waals surface area contributed by atoms with Crippen LogP contribution in [0.25, 0.3) is 15.9 Å². The average molecular weight is 428 g/mol. The Morgan fingerprint density at radius 2 is 2.10 bits per heavy atom. The molecule has 0 saturated carbocycles. The van der Waals surface area contributed by atoms with E-state index in [-0.39, 0.29) is 23.8 Å². The van der Waals surface area contributed by atoms with Crippen molar-refractivity contribution in [3.05, 3.63) is 45.1 Å². The topological polar surface area (TPSA) is 73.2 Å². The minimum atomic E-state index is -0.208. The first-order valence-electron chi connectivity index (χ1n) is 9.02. The van der Waals surface area contributed by atoms with Gasteiger partial charge in [0.05, 0.1) is 30.5 Å². The van der Waals surface area contributed by atoms with Crippen molar-refractivity contribution >= 4 is 39.2 Å². The van der Waals surface area contributed by atoms with Gasteiger partial charge in [-0.3, -0.25) is 14.2 Å². The average Bonchev–Trinajstić information content (AvgIpc) is 3.06. The Hall–Kier alpha value is -2.76. The van der Waals surface area contributed by atoms with Crippen LogP contribution in [0.3, 0.4) is 0 Å². The maximum atomic E-state index is 13.5. The van der Waals surface area contributed by atoms with Crippen molar-refractivity contribution in [1.29, 1.82) is 0 Å². The van der Waals surface area contributed by atoms with Crippen LogP contribution in [0.2, 0.25) is 0 Å². The van der Waals surface area contributed by atoms with Gasteiger partial charge in [-0.25, -0.2) is 4.98 Å². The van der Waals surface area contributed by atoms with E-state index in [1.807, 2.05) is 13.8 Å². The number of carbonyl (C=O) groups is 1. The van der Waals surface area contributed by atoms with E-state index in [2.05, 4.69) is 11.2 Å². The summed E-state index contributed by atoms with van der Waals surface area (Å²) in [5.74, 6) is 2.97. The highest BCUT2D eigenvalue weighted by Crippen LogP contribution is 2.30. The molecule has 1 N–H and O–H groups in total. The third kappa shape index (κ3) is 4.31. The first kappa shape index (κ1) is 21.0. The summed E-state index contributed by atoms with van der Waals surface area (Å²) < 4.78 is 6.78. The molecule has 0 bridgehead atoms. The van der Waals surface area contributed by atoms with Crippen LogP contribution >= 0.6 is 23.1 Å². The van der Waals surface area contributed by atoms with Crippen molar-refractivity contribution in [3.8, 4) is 23.8 Å². The highest BCUT2D eigenvalue weighted by Gasteiger charge is 2.19. The van der Waals surface area contributed by atoms with Crippen LogP contribution < -0.4 is 15.6 Å². The number of hydrogen-bond donors (Lipinski definition) is 1. The Morgan fingerprint density at radius 3 is 2.72 bits per heavy atom. The smallest absolute Gasteiger partial charge is 0.267 e. The third-order valence-corrected chi connectivity index (χ3v) is 6.38. The summed E-state index contributed by atoms with van der Waals surface area (Å²) in [4.78, 5) is 32.0. The highest BCUT2D eigenvalue weighted by atomic mass is 32.2. The Bertz CT molecular complexity index is 1140. The lowest BCUT2D eigenvalue weighted by atomic mass is 10.1. The molecule has 150 valence electrons. The Labute approximate surface area is 177 Å². The molecule has 1 aromatic carbocycles. The number of fused-ring (bicyclic) bond motifs is 1. The van der Waals surface area contributed by atoms with Crippen molar-refractivity contribution < 1.29 is 9.53 Å². The van der Waals surface area contributed by atoms with E-state index in [1.165, 1.54) is 23.1 Å². The summed E-state index contributed by atoms with van der Waals surface area (Å²) in [6, 6.07) is 7.20. The fraction of sp³-hybridized carbons (Fsp3) is 0.286. The summed E-state index contributed by atoms with van der Waals surface area (Å²) in [6.07, 6.45) is 5.94. The van der Waals surface area contributed by atoms with Gasteiger partial charge in [-0.1, -0.05) is 24.6 Å². The van der Waals surface area contributed by atoms with E-state index in [4.69, 9.17) is 16.1 Å². The van der Waals surface area contributed by atoms with Crippen LogP contribution in [0, 0.1) is 19.3 Å². The molecular formula is C21H21N3O3S2. The van der Waals surface area contributed by atoms with Gasteiger partial charge in [0.1, 0.15) is 10.6 Å². The first-order chi connectivity index (χ1) is 14.0. The Balaban J connectivity index is 2.13. The lowest BCUT2D eigenvalue weighted by molar-refractivity contribution is -0.118. The number of thioether (sulfide) groups is 1. The van der Waals surface area contributed by atoms with Crippen LogP contribution in [0.4, 0.5) is 0 Å². The maximum Gasteiger partial charge on any atom is 0.267 e. The Kier molecular flexibility index (Phi) is 6.62. The second-order valence-corrected chi connectivity index (χ2v) is 8.32. The molecule has 1 amide bonds. The van der Waals surface area contributed by atoms with Gasteiger partial charge in [0.2, 0.25) is 5.91 Å². The second kappa shape index (κ2) is 9.16. The number of carbonyl (C=O) groups excluding carboxylic acids is 1. The van der Waals surface area contributed by atoms with Crippen LogP contribution in [0.5, 0.6) is 5.75 Å². The molecule has 0 fully saturated rings. The quantitative estimate of drug-likeness (QED) is 0.356. The molecule has 0 atom stereocenters.